The van der Waals surface area contributed by atoms with Crippen LogP contribution >= 0.6 is 0 Å². The first-order valence-electron chi connectivity index (χ1n) is 7.63. The molecule has 0 amide bonds. The lowest BCUT2D eigenvalue weighted by Crippen LogP contribution is -2.47. The Kier molecular flexibility index (Phi) is 5.56. The molecule has 1 atom stereocenters. The zero-order valence-corrected chi connectivity index (χ0v) is 12.8. The standard InChI is InChI=1S/C16H26FN3O/c1-16(18,13-21)7-4-8-19-9-11-20(12-10-19)15-6-3-2-5-14(15)17/h2-3,5-6,21H,4,7-13,18H2,1H3. The highest BCUT2D eigenvalue weighted by Crippen LogP contribution is 2.20. The van der Waals surface area contributed by atoms with Crippen molar-refractivity contribution < 1.29 is 9.50 Å². The molecule has 0 aliphatic carbocycles. The summed E-state index contributed by atoms with van der Waals surface area (Å²) in [6.07, 6.45) is 1.80. The molecular weight excluding hydrogens is 269 g/mol. The number of anilines is 1. The van der Waals surface area contributed by atoms with E-state index in [0.717, 1.165) is 45.6 Å². The molecule has 1 saturated heterocycles. The minimum Gasteiger partial charge on any atom is -0.394 e. The van der Waals surface area contributed by atoms with Crippen molar-refractivity contribution in [2.45, 2.75) is 25.3 Å². The maximum absolute atomic E-state index is 13.8. The van der Waals surface area contributed by atoms with Gasteiger partial charge in [0.15, 0.2) is 0 Å². The van der Waals surface area contributed by atoms with Crippen molar-refractivity contribution in [3.63, 3.8) is 0 Å². The molecule has 1 aliphatic rings. The molecule has 2 rings (SSSR count). The van der Waals surface area contributed by atoms with Crippen molar-refractivity contribution in [1.29, 1.82) is 0 Å². The van der Waals surface area contributed by atoms with E-state index in [1.165, 1.54) is 6.07 Å². The van der Waals surface area contributed by atoms with Gasteiger partial charge in [-0.25, -0.2) is 4.39 Å². The van der Waals surface area contributed by atoms with Crippen molar-refractivity contribution in [3.05, 3.63) is 30.1 Å². The van der Waals surface area contributed by atoms with E-state index in [4.69, 9.17) is 10.8 Å². The van der Waals surface area contributed by atoms with Crippen LogP contribution < -0.4 is 10.6 Å². The molecule has 1 aromatic rings. The molecule has 4 nitrogen and oxygen atoms in total. The maximum Gasteiger partial charge on any atom is 0.146 e. The molecule has 0 aromatic heterocycles. The van der Waals surface area contributed by atoms with Crippen LogP contribution in [0.2, 0.25) is 0 Å². The van der Waals surface area contributed by atoms with Gasteiger partial charge in [0.1, 0.15) is 5.82 Å². The summed E-state index contributed by atoms with van der Waals surface area (Å²) in [4.78, 5) is 4.48. The van der Waals surface area contributed by atoms with E-state index in [0.29, 0.717) is 5.69 Å². The Morgan fingerprint density at radius 2 is 1.90 bits per heavy atom. The maximum atomic E-state index is 13.8. The number of hydrogen-bond donors (Lipinski definition) is 2. The number of aliphatic hydroxyl groups is 1. The summed E-state index contributed by atoms with van der Waals surface area (Å²) in [6.45, 7) is 6.46. The molecule has 3 N–H and O–H groups in total. The third-order valence-electron chi connectivity index (χ3n) is 4.15. The lowest BCUT2D eigenvalue weighted by Gasteiger charge is -2.36. The summed E-state index contributed by atoms with van der Waals surface area (Å²) in [5, 5.41) is 9.14. The molecule has 1 fully saturated rings. The summed E-state index contributed by atoms with van der Waals surface area (Å²) in [5.74, 6) is -0.146. The zero-order chi connectivity index (χ0) is 15.3. The van der Waals surface area contributed by atoms with Gasteiger partial charge in [-0.2, -0.15) is 0 Å². The highest BCUT2D eigenvalue weighted by Gasteiger charge is 2.20. The van der Waals surface area contributed by atoms with E-state index >= 15 is 0 Å². The Morgan fingerprint density at radius 3 is 2.52 bits per heavy atom. The van der Waals surface area contributed by atoms with Gasteiger partial charge in [0.05, 0.1) is 12.3 Å². The molecule has 21 heavy (non-hydrogen) atoms. The molecule has 1 unspecified atom stereocenters. The predicted molar refractivity (Wildman–Crippen MR) is 84.0 cm³/mol. The van der Waals surface area contributed by atoms with Crippen LogP contribution in [0.25, 0.3) is 0 Å². The van der Waals surface area contributed by atoms with Crippen LogP contribution in [0.15, 0.2) is 24.3 Å². The van der Waals surface area contributed by atoms with E-state index < -0.39 is 5.54 Å². The highest BCUT2D eigenvalue weighted by molar-refractivity contribution is 5.47. The van der Waals surface area contributed by atoms with Crippen molar-refractivity contribution >= 4 is 5.69 Å². The first-order chi connectivity index (χ1) is 10.0. The number of hydrogen-bond acceptors (Lipinski definition) is 4. The molecule has 5 heteroatoms. The van der Waals surface area contributed by atoms with Gasteiger partial charge in [-0.1, -0.05) is 12.1 Å². The van der Waals surface area contributed by atoms with Crippen LogP contribution in [-0.4, -0.2) is 54.9 Å². The monoisotopic (exact) mass is 295 g/mol. The second-order valence-corrected chi connectivity index (χ2v) is 6.20. The summed E-state index contributed by atoms with van der Waals surface area (Å²) < 4.78 is 13.8. The second kappa shape index (κ2) is 7.20. The largest absolute Gasteiger partial charge is 0.394 e. The fourth-order valence-corrected chi connectivity index (χ4v) is 2.71. The summed E-state index contributed by atoms with van der Waals surface area (Å²) in [6, 6.07) is 6.95. The third kappa shape index (κ3) is 4.66. The number of para-hydroxylation sites is 1. The molecule has 1 heterocycles. The Hall–Kier alpha value is -1.17. The van der Waals surface area contributed by atoms with Gasteiger partial charge >= 0.3 is 0 Å². The summed E-state index contributed by atoms with van der Waals surface area (Å²) in [7, 11) is 0. The van der Waals surface area contributed by atoms with Crippen LogP contribution in [0.4, 0.5) is 10.1 Å². The van der Waals surface area contributed by atoms with Crippen LogP contribution in [0.5, 0.6) is 0 Å². The SMILES string of the molecule is CC(N)(CO)CCCN1CCN(c2ccccc2F)CC1. The molecule has 1 aromatic carbocycles. The first kappa shape index (κ1) is 16.2. The normalized spacial score (nSPS) is 19.5. The van der Waals surface area contributed by atoms with Crippen molar-refractivity contribution in [2.75, 3.05) is 44.2 Å². The Labute approximate surface area is 126 Å². The average molecular weight is 295 g/mol. The number of nitrogens with zero attached hydrogens (tertiary/aromatic N) is 2. The van der Waals surface area contributed by atoms with Gasteiger partial charge in [-0.3, -0.25) is 4.90 Å². The Balaban J connectivity index is 1.75. The van der Waals surface area contributed by atoms with Gasteiger partial charge in [-0.05, 0) is 38.4 Å². The Bertz CT molecular complexity index is 445. The van der Waals surface area contributed by atoms with Gasteiger partial charge in [-0.15, -0.1) is 0 Å². The second-order valence-electron chi connectivity index (χ2n) is 6.20. The van der Waals surface area contributed by atoms with Crippen LogP contribution in [0.3, 0.4) is 0 Å². The first-order valence-corrected chi connectivity index (χ1v) is 7.63. The number of benzene rings is 1. The minimum atomic E-state index is -0.477. The van der Waals surface area contributed by atoms with Gasteiger partial charge < -0.3 is 15.7 Å². The number of piperazine rings is 1. The number of nitrogens with two attached hydrogens (primary N) is 1. The van der Waals surface area contributed by atoms with Crippen molar-refractivity contribution in [2.24, 2.45) is 5.73 Å². The fourth-order valence-electron chi connectivity index (χ4n) is 2.71. The van der Waals surface area contributed by atoms with E-state index in [2.05, 4.69) is 9.80 Å². The molecule has 0 saturated carbocycles. The highest BCUT2D eigenvalue weighted by atomic mass is 19.1. The van der Waals surface area contributed by atoms with Crippen LogP contribution in [-0.2, 0) is 0 Å². The predicted octanol–water partition coefficient (Wildman–Crippen LogP) is 1.44. The van der Waals surface area contributed by atoms with Gasteiger partial charge in [0.25, 0.3) is 0 Å². The van der Waals surface area contributed by atoms with E-state index in [1.54, 1.807) is 6.07 Å². The topological polar surface area (TPSA) is 52.7 Å². The van der Waals surface area contributed by atoms with Crippen LogP contribution in [0.1, 0.15) is 19.8 Å². The molecule has 118 valence electrons. The van der Waals surface area contributed by atoms with E-state index in [1.807, 2.05) is 19.1 Å². The van der Waals surface area contributed by atoms with Gasteiger partial charge in [0.2, 0.25) is 0 Å². The summed E-state index contributed by atoms with van der Waals surface area (Å²) in [5.41, 5.74) is 6.15. The zero-order valence-electron chi connectivity index (χ0n) is 12.8. The van der Waals surface area contributed by atoms with Gasteiger partial charge in [0, 0.05) is 31.7 Å². The Morgan fingerprint density at radius 1 is 1.24 bits per heavy atom. The fraction of sp³-hybridized carbons (Fsp3) is 0.625. The van der Waals surface area contributed by atoms with E-state index in [-0.39, 0.29) is 12.4 Å². The van der Waals surface area contributed by atoms with E-state index in [9.17, 15) is 4.39 Å². The molecule has 0 bridgehead atoms. The number of rotatable bonds is 6. The molecule has 0 spiro atoms. The quantitative estimate of drug-likeness (QED) is 0.834. The minimum absolute atomic E-state index is 0.0219. The molecule has 1 aliphatic heterocycles. The third-order valence-corrected chi connectivity index (χ3v) is 4.15. The van der Waals surface area contributed by atoms with Crippen molar-refractivity contribution in [1.82, 2.24) is 4.90 Å². The lowest BCUT2D eigenvalue weighted by molar-refractivity contribution is 0.186. The lowest BCUT2D eigenvalue weighted by atomic mass is 9.98. The van der Waals surface area contributed by atoms with Crippen molar-refractivity contribution in [3.8, 4) is 0 Å². The van der Waals surface area contributed by atoms with Crippen LogP contribution in [0, 0.1) is 5.82 Å². The molecule has 0 radical (unpaired) electrons. The number of halogens is 1. The smallest absolute Gasteiger partial charge is 0.146 e. The average Bonchev–Trinajstić information content (AvgIpc) is 2.48. The number of aliphatic hydroxyl groups excluding tert-OH is 1. The summed E-state index contributed by atoms with van der Waals surface area (Å²) >= 11 is 0. The molecular formula is C16H26FN3O.